The molecule has 0 heterocycles. The molecule has 0 saturated heterocycles. The molecule has 3 nitrogen and oxygen atoms in total. The molecule has 0 bridgehead atoms. The third-order valence-electron chi connectivity index (χ3n) is 3.97. The fourth-order valence-electron chi connectivity index (χ4n) is 2.40. The molecule has 2 rings (SSSR count). The maximum atomic E-state index is 13.0. The molecular formula is C16H23FN2O. The van der Waals surface area contributed by atoms with Crippen LogP contribution in [-0.2, 0) is 4.79 Å². The highest BCUT2D eigenvalue weighted by Gasteiger charge is 2.38. The first kappa shape index (κ1) is 15.0. The van der Waals surface area contributed by atoms with E-state index in [1.807, 2.05) is 25.7 Å². The SMILES string of the molecule is CC(C)[C@H](N)C(=O)N(C1CC1)C(C)c1ccc(F)cc1. The topological polar surface area (TPSA) is 46.3 Å². The molecule has 2 atom stereocenters. The summed E-state index contributed by atoms with van der Waals surface area (Å²) >= 11 is 0. The first-order chi connectivity index (χ1) is 9.41. The highest BCUT2D eigenvalue weighted by molar-refractivity contribution is 5.83. The fourth-order valence-corrected chi connectivity index (χ4v) is 2.40. The van der Waals surface area contributed by atoms with Gasteiger partial charge in [-0.3, -0.25) is 4.79 Å². The Bertz CT molecular complexity index is 468. The summed E-state index contributed by atoms with van der Waals surface area (Å²) in [6.45, 7) is 5.89. The Hall–Kier alpha value is -1.42. The largest absolute Gasteiger partial charge is 0.332 e. The van der Waals surface area contributed by atoms with E-state index in [4.69, 9.17) is 5.73 Å². The van der Waals surface area contributed by atoms with Gasteiger partial charge in [0.25, 0.3) is 0 Å². The van der Waals surface area contributed by atoms with Gasteiger partial charge in [0.15, 0.2) is 0 Å². The van der Waals surface area contributed by atoms with Crippen LogP contribution in [-0.4, -0.2) is 22.9 Å². The van der Waals surface area contributed by atoms with Gasteiger partial charge in [-0.1, -0.05) is 26.0 Å². The average molecular weight is 278 g/mol. The van der Waals surface area contributed by atoms with Crippen molar-refractivity contribution in [3.05, 3.63) is 35.6 Å². The first-order valence-corrected chi connectivity index (χ1v) is 7.25. The van der Waals surface area contributed by atoms with E-state index >= 15 is 0 Å². The molecule has 0 aliphatic heterocycles. The van der Waals surface area contributed by atoms with Gasteiger partial charge in [0.2, 0.25) is 5.91 Å². The van der Waals surface area contributed by atoms with Gasteiger partial charge < -0.3 is 10.6 Å². The van der Waals surface area contributed by atoms with Gasteiger partial charge in [-0.05, 0) is 43.4 Å². The molecule has 20 heavy (non-hydrogen) atoms. The number of halogens is 1. The molecule has 1 amide bonds. The fraction of sp³-hybridized carbons (Fsp3) is 0.562. The molecule has 1 aliphatic carbocycles. The number of carbonyl (C=O) groups is 1. The highest BCUT2D eigenvalue weighted by Crippen LogP contribution is 2.35. The molecule has 110 valence electrons. The van der Waals surface area contributed by atoms with E-state index in [0.717, 1.165) is 18.4 Å². The quantitative estimate of drug-likeness (QED) is 0.900. The predicted octanol–water partition coefficient (Wildman–Crippen LogP) is 2.86. The van der Waals surface area contributed by atoms with Crippen LogP contribution in [0.2, 0.25) is 0 Å². The smallest absolute Gasteiger partial charge is 0.240 e. The monoisotopic (exact) mass is 278 g/mol. The number of benzene rings is 1. The minimum atomic E-state index is -0.474. The van der Waals surface area contributed by atoms with Gasteiger partial charge in [0.1, 0.15) is 5.82 Å². The summed E-state index contributed by atoms with van der Waals surface area (Å²) in [5, 5.41) is 0. The molecule has 1 aliphatic rings. The maximum Gasteiger partial charge on any atom is 0.240 e. The second kappa shape index (κ2) is 5.92. The Labute approximate surface area is 120 Å². The number of rotatable bonds is 5. The van der Waals surface area contributed by atoms with Crippen molar-refractivity contribution in [2.75, 3.05) is 0 Å². The van der Waals surface area contributed by atoms with Gasteiger partial charge in [-0.25, -0.2) is 4.39 Å². The van der Waals surface area contributed by atoms with Crippen LogP contribution in [0, 0.1) is 11.7 Å². The van der Waals surface area contributed by atoms with Gasteiger partial charge in [-0.15, -0.1) is 0 Å². The van der Waals surface area contributed by atoms with Gasteiger partial charge in [0.05, 0.1) is 12.1 Å². The van der Waals surface area contributed by atoms with Crippen molar-refractivity contribution in [2.24, 2.45) is 11.7 Å². The second-order valence-corrected chi connectivity index (χ2v) is 5.97. The Morgan fingerprint density at radius 2 is 1.80 bits per heavy atom. The molecule has 1 saturated carbocycles. The van der Waals surface area contributed by atoms with Gasteiger partial charge in [0, 0.05) is 6.04 Å². The van der Waals surface area contributed by atoms with Crippen molar-refractivity contribution in [3.8, 4) is 0 Å². The minimum absolute atomic E-state index is 0.000625. The van der Waals surface area contributed by atoms with Crippen LogP contribution in [0.15, 0.2) is 24.3 Å². The molecule has 1 aromatic rings. The lowest BCUT2D eigenvalue weighted by Gasteiger charge is -2.33. The lowest BCUT2D eigenvalue weighted by molar-refractivity contribution is -0.136. The summed E-state index contributed by atoms with van der Waals surface area (Å²) in [6.07, 6.45) is 2.06. The van der Waals surface area contributed by atoms with Crippen molar-refractivity contribution < 1.29 is 9.18 Å². The number of amides is 1. The van der Waals surface area contributed by atoms with Crippen LogP contribution in [0.4, 0.5) is 4.39 Å². The second-order valence-electron chi connectivity index (χ2n) is 5.97. The summed E-state index contributed by atoms with van der Waals surface area (Å²) in [7, 11) is 0. The highest BCUT2D eigenvalue weighted by atomic mass is 19.1. The molecular weight excluding hydrogens is 255 g/mol. The normalized spacial score (nSPS) is 17.9. The summed E-state index contributed by atoms with van der Waals surface area (Å²) in [5.41, 5.74) is 6.96. The molecule has 4 heteroatoms. The minimum Gasteiger partial charge on any atom is -0.332 e. The van der Waals surface area contributed by atoms with E-state index in [-0.39, 0.29) is 29.7 Å². The molecule has 1 aromatic carbocycles. The Balaban J connectivity index is 2.20. The van der Waals surface area contributed by atoms with Crippen molar-refractivity contribution >= 4 is 5.91 Å². The third kappa shape index (κ3) is 3.18. The third-order valence-corrected chi connectivity index (χ3v) is 3.97. The molecule has 0 radical (unpaired) electrons. The van der Waals surface area contributed by atoms with Crippen LogP contribution < -0.4 is 5.73 Å². The van der Waals surface area contributed by atoms with Crippen molar-refractivity contribution in [1.82, 2.24) is 4.90 Å². The van der Waals surface area contributed by atoms with E-state index in [1.165, 1.54) is 12.1 Å². The van der Waals surface area contributed by atoms with Crippen LogP contribution in [0.1, 0.15) is 45.2 Å². The van der Waals surface area contributed by atoms with E-state index in [9.17, 15) is 9.18 Å². The van der Waals surface area contributed by atoms with E-state index in [2.05, 4.69) is 0 Å². The predicted molar refractivity (Wildman–Crippen MR) is 77.5 cm³/mol. The Morgan fingerprint density at radius 3 is 2.25 bits per heavy atom. The molecule has 1 fully saturated rings. The number of nitrogens with two attached hydrogens (primary N) is 1. The van der Waals surface area contributed by atoms with E-state index in [0.29, 0.717) is 0 Å². The zero-order chi connectivity index (χ0) is 14.9. The van der Waals surface area contributed by atoms with Crippen LogP contribution in [0.25, 0.3) is 0 Å². The zero-order valence-corrected chi connectivity index (χ0v) is 12.3. The summed E-state index contributed by atoms with van der Waals surface area (Å²) in [4.78, 5) is 14.5. The number of carbonyl (C=O) groups excluding carboxylic acids is 1. The van der Waals surface area contributed by atoms with E-state index < -0.39 is 6.04 Å². The number of hydrogen-bond acceptors (Lipinski definition) is 2. The Morgan fingerprint density at radius 1 is 1.25 bits per heavy atom. The molecule has 2 N–H and O–H groups in total. The van der Waals surface area contributed by atoms with Crippen molar-refractivity contribution in [2.45, 2.75) is 51.7 Å². The van der Waals surface area contributed by atoms with Gasteiger partial charge >= 0.3 is 0 Å². The summed E-state index contributed by atoms with van der Waals surface area (Å²) < 4.78 is 13.0. The molecule has 0 spiro atoms. The zero-order valence-electron chi connectivity index (χ0n) is 12.3. The summed E-state index contributed by atoms with van der Waals surface area (Å²) in [5.74, 6) is -0.146. The number of hydrogen-bond donors (Lipinski definition) is 1. The number of nitrogens with zero attached hydrogens (tertiary/aromatic N) is 1. The van der Waals surface area contributed by atoms with E-state index in [1.54, 1.807) is 12.1 Å². The standard InChI is InChI=1S/C16H23FN2O/c1-10(2)15(18)16(20)19(14-8-9-14)11(3)12-4-6-13(17)7-5-12/h4-7,10-11,14-15H,8-9,18H2,1-3H3/t11?,15-/m0/s1. The molecule has 0 aromatic heterocycles. The van der Waals surface area contributed by atoms with Crippen molar-refractivity contribution in [3.63, 3.8) is 0 Å². The van der Waals surface area contributed by atoms with Crippen LogP contribution in [0.3, 0.4) is 0 Å². The van der Waals surface area contributed by atoms with Crippen molar-refractivity contribution in [1.29, 1.82) is 0 Å². The lowest BCUT2D eigenvalue weighted by Crippen LogP contribution is -2.48. The Kier molecular flexibility index (Phi) is 4.43. The summed E-state index contributed by atoms with van der Waals surface area (Å²) in [6, 6.07) is 6.09. The first-order valence-electron chi connectivity index (χ1n) is 7.25. The van der Waals surface area contributed by atoms with Crippen LogP contribution in [0.5, 0.6) is 0 Å². The lowest BCUT2D eigenvalue weighted by atomic mass is 10.0. The van der Waals surface area contributed by atoms with Crippen LogP contribution >= 0.6 is 0 Å². The average Bonchev–Trinajstić information content (AvgIpc) is 3.23. The van der Waals surface area contributed by atoms with Gasteiger partial charge in [-0.2, -0.15) is 0 Å². The molecule has 1 unspecified atom stereocenters. The maximum absolute atomic E-state index is 13.0.